The number of carbonyl (C=O) groups excluding carboxylic acids is 1. The minimum absolute atomic E-state index is 0.103. The van der Waals surface area contributed by atoms with Gasteiger partial charge in [0.2, 0.25) is 0 Å². The molecule has 8 nitrogen and oxygen atoms in total. The molecule has 3 atom stereocenters. The molecule has 1 aliphatic rings. The summed E-state index contributed by atoms with van der Waals surface area (Å²) in [5.41, 5.74) is 1.28. The number of aliphatic hydroxyl groups is 1. The maximum atomic E-state index is 13.7. The van der Waals surface area contributed by atoms with Gasteiger partial charge in [-0.05, 0) is 74.1 Å². The first-order chi connectivity index (χ1) is 19.4. The molecule has 41 heavy (non-hydrogen) atoms. The average molecular weight is 625 g/mol. The second-order valence-corrected chi connectivity index (χ2v) is 12.8. The molecule has 0 bridgehead atoms. The summed E-state index contributed by atoms with van der Waals surface area (Å²) in [5, 5.41) is 10.9. The molecule has 0 spiro atoms. The Morgan fingerprint density at radius 1 is 1.12 bits per heavy atom. The molecule has 0 fully saturated rings. The highest BCUT2D eigenvalue weighted by Gasteiger charge is 2.33. The van der Waals surface area contributed by atoms with E-state index in [1.165, 1.54) is 12.1 Å². The van der Waals surface area contributed by atoms with E-state index in [9.17, 15) is 22.7 Å². The normalized spacial score (nSPS) is 18.3. The molecule has 12 heteroatoms. The lowest BCUT2D eigenvalue weighted by Gasteiger charge is -2.38. The number of hydrogen-bond acceptors (Lipinski definition) is 6. The van der Waals surface area contributed by atoms with Crippen LogP contribution in [0.1, 0.15) is 29.8 Å². The minimum atomic E-state index is -4.04. The van der Waals surface area contributed by atoms with Crippen LogP contribution in [0.5, 0.6) is 5.75 Å². The summed E-state index contributed by atoms with van der Waals surface area (Å²) in [5.74, 6) is -0.750. The molecule has 220 valence electrons. The second-order valence-electron chi connectivity index (χ2n) is 10.3. The number of halogens is 3. The molecule has 3 aromatic carbocycles. The third kappa shape index (κ3) is 7.50. The van der Waals surface area contributed by atoms with Crippen LogP contribution in [-0.4, -0.2) is 68.1 Å². The molecular formula is C29H32Cl2FN3O5S. The van der Waals surface area contributed by atoms with Gasteiger partial charge in [0, 0.05) is 31.2 Å². The van der Waals surface area contributed by atoms with E-state index in [-0.39, 0.29) is 40.7 Å². The molecule has 4 rings (SSSR count). The van der Waals surface area contributed by atoms with Gasteiger partial charge in [0.05, 0.1) is 33.2 Å². The number of carbonyl (C=O) groups is 1. The number of likely N-dealkylation sites (N-methyl/N-ethyl adjacent to an activating group) is 1. The predicted octanol–water partition coefficient (Wildman–Crippen LogP) is 5.29. The van der Waals surface area contributed by atoms with Crippen molar-refractivity contribution in [1.82, 2.24) is 9.80 Å². The van der Waals surface area contributed by atoms with E-state index in [2.05, 4.69) is 9.62 Å². The number of anilines is 1. The van der Waals surface area contributed by atoms with E-state index >= 15 is 0 Å². The maximum absolute atomic E-state index is 13.7. The van der Waals surface area contributed by atoms with Crippen LogP contribution in [0.15, 0.2) is 65.6 Å². The topological polar surface area (TPSA) is 99.2 Å². The van der Waals surface area contributed by atoms with Gasteiger partial charge in [-0.2, -0.15) is 0 Å². The highest BCUT2D eigenvalue weighted by molar-refractivity contribution is 7.92. The van der Waals surface area contributed by atoms with Gasteiger partial charge in [0.25, 0.3) is 15.9 Å². The number of fused-ring (bicyclic) bond motifs is 1. The van der Waals surface area contributed by atoms with E-state index in [1.807, 2.05) is 26.1 Å². The van der Waals surface area contributed by atoms with E-state index in [1.54, 1.807) is 24.0 Å². The Morgan fingerprint density at radius 3 is 2.49 bits per heavy atom. The van der Waals surface area contributed by atoms with Gasteiger partial charge in [-0.3, -0.25) is 14.4 Å². The number of nitrogens with one attached hydrogen (secondary N) is 1. The smallest absolute Gasteiger partial charge is 0.261 e. The molecule has 3 aromatic rings. The largest absolute Gasteiger partial charge is 0.488 e. The van der Waals surface area contributed by atoms with Crippen molar-refractivity contribution in [3.63, 3.8) is 0 Å². The quantitative estimate of drug-likeness (QED) is 0.336. The Balaban J connectivity index is 1.62. The number of amides is 1. The average Bonchev–Trinajstić information content (AvgIpc) is 2.92. The summed E-state index contributed by atoms with van der Waals surface area (Å²) in [4.78, 5) is 17.2. The molecule has 1 amide bonds. The van der Waals surface area contributed by atoms with Gasteiger partial charge in [-0.15, -0.1) is 0 Å². The van der Waals surface area contributed by atoms with E-state index < -0.39 is 21.9 Å². The van der Waals surface area contributed by atoms with Crippen molar-refractivity contribution in [2.75, 3.05) is 31.5 Å². The highest BCUT2D eigenvalue weighted by Crippen LogP contribution is 2.32. The first-order valence-corrected chi connectivity index (χ1v) is 15.2. The minimum Gasteiger partial charge on any atom is -0.488 e. The molecule has 1 heterocycles. The summed E-state index contributed by atoms with van der Waals surface area (Å²) < 4.78 is 48.0. The van der Waals surface area contributed by atoms with E-state index in [4.69, 9.17) is 27.9 Å². The number of sulfonamides is 1. The Hall–Kier alpha value is -2.89. The number of nitrogens with zero attached hydrogens (tertiary/aromatic N) is 2. The Labute approximate surface area is 249 Å². The van der Waals surface area contributed by atoms with Gasteiger partial charge in [-0.25, -0.2) is 12.8 Å². The highest BCUT2D eigenvalue weighted by atomic mass is 35.5. The molecule has 0 unspecified atom stereocenters. The van der Waals surface area contributed by atoms with E-state index in [0.717, 1.165) is 29.8 Å². The zero-order valence-electron chi connectivity index (χ0n) is 22.9. The summed E-state index contributed by atoms with van der Waals surface area (Å²) in [6.45, 7) is 4.90. The lowest BCUT2D eigenvalue weighted by atomic mass is 9.99. The van der Waals surface area contributed by atoms with Crippen LogP contribution >= 0.6 is 23.2 Å². The number of ether oxygens (including phenoxy) is 1. The molecule has 0 aliphatic carbocycles. The molecule has 2 N–H and O–H groups in total. The van der Waals surface area contributed by atoms with Crippen molar-refractivity contribution in [3.8, 4) is 5.75 Å². The molecule has 1 aliphatic heterocycles. The van der Waals surface area contributed by atoms with Crippen molar-refractivity contribution in [1.29, 1.82) is 0 Å². The van der Waals surface area contributed by atoms with Crippen molar-refractivity contribution in [2.45, 2.75) is 37.4 Å². The van der Waals surface area contributed by atoms with Gasteiger partial charge in [0.15, 0.2) is 0 Å². The lowest BCUT2D eigenvalue weighted by Crippen LogP contribution is -2.49. The van der Waals surface area contributed by atoms with Crippen LogP contribution in [0, 0.1) is 11.7 Å². The first kappa shape index (κ1) is 31.1. The van der Waals surface area contributed by atoms with Crippen molar-refractivity contribution < 1.29 is 27.4 Å². The summed E-state index contributed by atoms with van der Waals surface area (Å²) in [6.07, 6.45) is -0.343. The lowest BCUT2D eigenvalue weighted by molar-refractivity contribution is 0.0341. The van der Waals surface area contributed by atoms with Crippen LogP contribution in [0.4, 0.5) is 10.1 Å². The maximum Gasteiger partial charge on any atom is 0.261 e. The Kier molecular flexibility index (Phi) is 9.81. The van der Waals surface area contributed by atoms with Gasteiger partial charge < -0.3 is 14.7 Å². The summed E-state index contributed by atoms with van der Waals surface area (Å²) >= 11 is 12.2. The van der Waals surface area contributed by atoms with Gasteiger partial charge in [-0.1, -0.05) is 36.2 Å². The van der Waals surface area contributed by atoms with Crippen LogP contribution in [-0.2, 0) is 16.6 Å². The monoisotopic (exact) mass is 623 g/mol. The SMILES string of the molecule is C[C@@H]1CN([C@H](C)CO)C(=O)c2cc(NS(=O)(=O)c3ccc(F)cc3)ccc2O[C@H]1CN(C)Cc1ccc(Cl)c(Cl)c1. The van der Waals surface area contributed by atoms with Crippen LogP contribution in [0.2, 0.25) is 10.0 Å². The van der Waals surface area contributed by atoms with Crippen LogP contribution in [0.25, 0.3) is 0 Å². The molecule has 0 radical (unpaired) electrons. The Morgan fingerprint density at radius 2 is 1.83 bits per heavy atom. The second kappa shape index (κ2) is 13.0. The third-order valence-electron chi connectivity index (χ3n) is 6.97. The van der Waals surface area contributed by atoms with Gasteiger partial charge >= 0.3 is 0 Å². The summed E-state index contributed by atoms with van der Waals surface area (Å²) in [7, 11) is -2.09. The van der Waals surface area contributed by atoms with E-state index in [0.29, 0.717) is 35.4 Å². The van der Waals surface area contributed by atoms with Crippen molar-refractivity contribution >= 4 is 44.8 Å². The predicted molar refractivity (Wildman–Crippen MR) is 158 cm³/mol. The molecular weight excluding hydrogens is 592 g/mol. The van der Waals surface area contributed by atoms with Crippen LogP contribution in [0.3, 0.4) is 0 Å². The number of rotatable bonds is 9. The third-order valence-corrected chi connectivity index (χ3v) is 9.11. The van der Waals surface area contributed by atoms with Crippen LogP contribution < -0.4 is 9.46 Å². The molecule has 0 saturated carbocycles. The van der Waals surface area contributed by atoms with Crippen molar-refractivity contribution in [3.05, 3.63) is 87.7 Å². The standard InChI is InChI=1S/C29H32Cl2FN3O5S/c1-18-14-35(19(2)17-36)29(37)24-13-22(33-41(38,39)23-8-5-21(32)6-9-23)7-11-27(24)40-28(18)16-34(3)15-20-4-10-25(30)26(31)12-20/h4-13,18-19,28,33,36H,14-17H2,1-3H3/t18-,19-,28+/m1/s1. The zero-order valence-corrected chi connectivity index (χ0v) is 25.2. The van der Waals surface area contributed by atoms with Gasteiger partial charge in [0.1, 0.15) is 17.7 Å². The summed E-state index contributed by atoms with van der Waals surface area (Å²) in [6, 6.07) is 13.9. The molecule has 0 saturated heterocycles. The zero-order chi connectivity index (χ0) is 29.9. The number of benzene rings is 3. The fourth-order valence-corrected chi connectivity index (χ4v) is 6.02. The Bertz CT molecular complexity index is 1510. The first-order valence-electron chi connectivity index (χ1n) is 13.0. The fourth-order valence-electron chi connectivity index (χ4n) is 4.65. The number of aliphatic hydroxyl groups excluding tert-OH is 1. The fraction of sp³-hybridized carbons (Fsp3) is 0.345. The number of hydrogen-bond donors (Lipinski definition) is 2. The molecule has 0 aromatic heterocycles. The van der Waals surface area contributed by atoms with Crippen molar-refractivity contribution in [2.24, 2.45) is 5.92 Å².